The molecule has 0 radical (unpaired) electrons. The number of benzene rings is 1. The zero-order chi connectivity index (χ0) is 14.6. The molecule has 0 saturated carbocycles. The first-order valence-corrected chi connectivity index (χ1v) is 7.53. The molecule has 0 fully saturated rings. The van der Waals surface area contributed by atoms with E-state index in [9.17, 15) is 5.26 Å². The lowest BCUT2D eigenvalue weighted by molar-refractivity contribution is -0.0615. The zero-order valence-electron chi connectivity index (χ0n) is 12.7. The highest BCUT2D eigenvalue weighted by Crippen LogP contribution is 2.39. The van der Waals surface area contributed by atoms with Gasteiger partial charge in [-0.3, -0.25) is 0 Å². The summed E-state index contributed by atoms with van der Waals surface area (Å²) < 4.78 is 6.01. The summed E-state index contributed by atoms with van der Waals surface area (Å²) in [4.78, 5) is 2.35. The molecule has 0 saturated heterocycles. The number of nitriles is 1. The van der Waals surface area contributed by atoms with Gasteiger partial charge in [-0.1, -0.05) is 45.0 Å². The van der Waals surface area contributed by atoms with Gasteiger partial charge in [0.1, 0.15) is 6.07 Å². The summed E-state index contributed by atoms with van der Waals surface area (Å²) in [5, 5.41) is 9.82. The Balaban J connectivity index is 2.33. The number of fused-ring (bicyclic) bond motifs is 1. The molecule has 0 aromatic heterocycles. The van der Waals surface area contributed by atoms with E-state index < -0.39 is 5.60 Å². The Morgan fingerprint density at radius 3 is 2.70 bits per heavy atom. The molecule has 0 aliphatic carbocycles. The van der Waals surface area contributed by atoms with Gasteiger partial charge in [-0.25, -0.2) is 0 Å². The highest BCUT2D eigenvalue weighted by atomic mass is 16.5. The largest absolute Gasteiger partial charge is 0.355 e. The Kier molecular flexibility index (Phi) is 4.80. The second kappa shape index (κ2) is 6.39. The van der Waals surface area contributed by atoms with Gasteiger partial charge in [0.15, 0.2) is 5.60 Å². The molecule has 0 bridgehead atoms. The summed E-state index contributed by atoms with van der Waals surface area (Å²) in [7, 11) is 0. The van der Waals surface area contributed by atoms with Crippen molar-refractivity contribution in [1.29, 1.82) is 5.26 Å². The monoisotopic (exact) mass is 272 g/mol. The summed E-state index contributed by atoms with van der Waals surface area (Å²) in [6.07, 6.45) is 0.900. The average molecular weight is 272 g/mol. The topological polar surface area (TPSA) is 36.3 Å². The second-order valence-electron chi connectivity index (χ2n) is 5.49. The number of hydrogen-bond acceptors (Lipinski definition) is 3. The first-order valence-electron chi connectivity index (χ1n) is 7.53. The van der Waals surface area contributed by atoms with E-state index >= 15 is 0 Å². The van der Waals surface area contributed by atoms with Gasteiger partial charge in [0, 0.05) is 18.0 Å². The van der Waals surface area contributed by atoms with Crippen LogP contribution in [-0.2, 0) is 16.8 Å². The van der Waals surface area contributed by atoms with Crippen molar-refractivity contribution in [2.24, 2.45) is 5.92 Å². The van der Waals surface area contributed by atoms with Crippen molar-refractivity contribution in [1.82, 2.24) is 4.90 Å². The van der Waals surface area contributed by atoms with Crippen molar-refractivity contribution >= 4 is 0 Å². The molecule has 2 rings (SSSR count). The van der Waals surface area contributed by atoms with Gasteiger partial charge in [0.25, 0.3) is 0 Å². The Hall–Kier alpha value is -1.37. The van der Waals surface area contributed by atoms with Crippen LogP contribution in [-0.4, -0.2) is 31.1 Å². The van der Waals surface area contributed by atoms with Gasteiger partial charge in [0.05, 0.1) is 6.61 Å². The van der Waals surface area contributed by atoms with Crippen LogP contribution in [0.25, 0.3) is 0 Å². The predicted molar refractivity (Wildman–Crippen MR) is 80.3 cm³/mol. The normalized spacial score (nSPS) is 23.1. The number of ether oxygens (including phenoxy) is 1. The van der Waals surface area contributed by atoms with Crippen LogP contribution in [0.1, 0.15) is 31.9 Å². The molecule has 2 atom stereocenters. The Morgan fingerprint density at radius 1 is 1.35 bits per heavy atom. The van der Waals surface area contributed by atoms with E-state index in [4.69, 9.17) is 4.74 Å². The third kappa shape index (κ3) is 2.59. The molecular weight excluding hydrogens is 248 g/mol. The van der Waals surface area contributed by atoms with Gasteiger partial charge in [0.2, 0.25) is 0 Å². The second-order valence-corrected chi connectivity index (χ2v) is 5.49. The molecule has 3 nitrogen and oxygen atoms in total. The van der Waals surface area contributed by atoms with Crippen LogP contribution in [0.4, 0.5) is 0 Å². The van der Waals surface area contributed by atoms with Crippen molar-refractivity contribution < 1.29 is 4.74 Å². The van der Waals surface area contributed by atoms with Gasteiger partial charge < -0.3 is 9.64 Å². The standard InChI is InChI=1S/C17H24N2O/c1-4-19(5-2)12-14(3)17(13-18)16-9-7-6-8-15(16)10-11-20-17/h6-9,14H,4-5,10-12H2,1-3H3. The van der Waals surface area contributed by atoms with E-state index in [1.807, 2.05) is 12.1 Å². The zero-order valence-corrected chi connectivity index (χ0v) is 12.7. The van der Waals surface area contributed by atoms with E-state index in [0.717, 1.165) is 31.6 Å². The fraction of sp³-hybridized carbons (Fsp3) is 0.588. The van der Waals surface area contributed by atoms with Crippen LogP contribution >= 0.6 is 0 Å². The Labute approximate surface area is 122 Å². The molecule has 0 N–H and O–H groups in total. The van der Waals surface area contributed by atoms with E-state index in [1.165, 1.54) is 5.56 Å². The minimum Gasteiger partial charge on any atom is -0.355 e. The van der Waals surface area contributed by atoms with Crippen LogP contribution in [0.2, 0.25) is 0 Å². The molecule has 1 aromatic carbocycles. The summed E-state index contributed by atoms with van der Waals surface area (Å²) in [6.45, 7) is 9.97. The van der Waals surface area contributed by atoms with Crippen LogP contribution in [0.5, 0.6) is 0 Å². The smallest absolute Gasteiger partial charge is 0.183 e. The molecule has 1 aliphatic heterocycles. The van der Waals surface area contributed by atoms with E-state index in [-0.39, 0.29) is 5.92 Å². The van der Waals surface area contributed by atoms with Gasteiger partial charge in [-0.15, -0.1) is 0 Å². The molecule has 1 aliphatic rings. The number of hydrogen-bond donors (Lipinski definition) is 0. The predicted octanol–water partition coefficient (Wildman–Crippen LogP) is 2.96. The number of nitrogens with zero attached hydrogens (tertiary/aromatic N) is 2. The van der Waals surface area contributed by atoms with Crippen molar-refractivity contribution in [2.75, 3.05) is 26.2 Å². The third-order valence-electron chi connectivity index (χ3n) is 4.41. The van der Waals surface area contributed by atoms with Crippen molar-refractivity contribution in [3.8, 4) is 6.07 Å². The first-order chi connectivity index (χ1) is 9.67. The minimum absolute atomic E-state index is 0.147. The molecule has 108 valence electrons. The molecular formula is C17H24N2O. The molecule has 1 aromatic rings. The highest BCUT2D eigenvalue weighted by molar-refractivity contribution is 5.39. The lowest BCUT2D eigenvalue weighted by Crippen LogP contribution is -2.45. The Morgan fingerprint density at radius 2 is 2.05 bits per heavy atom. The molecule has 0 amide bonds. The lowest BCUT2D eigenvalue weighted by atomic mass is 9.78. The summed E-state index contributed by atoms with van der Waals surface area (Å²) >= 11 is 0. The van der Waals surface area contributed by atoms with Crippen molar-refractivity contribution in [2.45, 2.75) is 32.8 Å². The van der Waals surface area contributed by atoms with Crippen LogP contribution < -0.4 is 0 Å². The lowest BCUT2D eigenvalue weighted by Gasteiger charge is -2.39. The van der Waals surface area contributed by atoms with Gasteiger partial charge >= 0.3 is 0 Å². The third-order valence-corrected chi connectivity index (χ3v) is 4.41. The molecule has 20 heavy (non-hydrogen) atoms. The van der Waals surface area contributed by atoms with Crippen molar-refractivity contribution in [3.63, 3.8) is 0 Å². The Bertz CT molecular complexity index is 490. The SMILES string of the molecule is CCN(CC)CC(C)C1(C#N)OCCc2ccccc21. The van der Waals surface area contributed by atoms with Gasteiger partial charge in [-0.2, -0.15) is 5.26 Å². The van der Waals surface area contributed by atoms with E-state index in [1.54, 1.807) is 0 Å². The maximum atomic E-state index is 9.82. The molecule has 1 heterocycles. The number of rotatable bonds is 5. The van der Waals surface area contributed by atoms with Crippen LogP contribution in [0, 0.1) is 17.2 Å². The molecule has 0 spiro atoms. The first kappa shape index (κ1) is 15.0. The fourth-order valence-corrected chi connectivity index (χ4v) is 3.11. The van der Waals surface area contributed by atoms with Gasteiger partial charge in [-0.05, 0) is 25.1 Å². The molecule has 2 unspecified atom stereocenters. The summed E-state index contributed by atoms with van der Waals surface area (Å²) in [6, 6.07) is 10.7. The van der Waals surface area contributed by atoms with Crippen LogP contribution in [0.3, 0.4) is 0 Å². The fourth-order valence-electron chi connectivity index (χ4n) is 3.11. The summed E-state index contributed by atoms with van der Waals surface area (Å²) in [5.74, 6) is 0.147. The average Bonchev–Trinajstić information content (AvgIpc) is 2.51. The summed E-state index contributed by atoms with van der Waals surface area (Å²) in [5.41, 5.74) is 1.53. The minimum atomic E-state index is -0.794. The van der Waals surface area contributed by atoms with Crippen LogP contribution in [0.15, 0.2) is 24.3 Å². The quantitative estimate of drug-likeness (QED) is 0.827. The van der Waals surface area contributed by atoms with E-state index in [0.29, 0.717) is 6.61 Å². The maximum Gasteiger partial charge on any atom is 0.183 e. The van der Waals surface area contributed by atoms with E-state index in [2.05, 4.69) is 43.9 Å². The molecule has 3 heteroatoms. The highest BCUT2D eigenvalue weighted by Gasteiger charge is 2.43. The van der Waals surface area contributed by atoms with Crippen molar-refractivity contribution in [3.05, 3.63) is 35.4 Å². The maximum absolute atomic E-state index is 9.82.